The third-order valence-corrected chi connectivity index (χ3v) is 9.38. The van der Waals surface area contributed by atoms with Gasteiger partial charge in [-0.3, -0.25) is 14.7 Å². The Kier molecular flexibility index (Phi) is 8.88. The number of carbonyl (C=O) groups excluding carboxylic acids is 1. The minimum atomic E-state index is -0.454. The van der Waals surface area contributed by atoms with E-state index in [0.717, 1.165) is 49.2 Å². The minimum Gasteiger partial charge on any atom is -0.346 e. The molecule has 2 aromatic carbocycles. The van der Waals surface area contributed by atoms with Crippen molar-refractivity contribution in [1.82, 2.24) is 45.0 Å². The first-order valence-corrected chi connectivity index (χ1v) is 16.0. The van der Waals surface area contributed by atoms with Gasteiger partial charge in [0.1, 0.15) is 18.0 Å². The lowest BCUT2D eigenvalue weighted by Gasteiger charge is -2.48. The number of nitrogens with two attached hydrogens (primary N) is 1. The van der Waals surface area contributed by atoms with Gasteiger partial charge in [0.15, 0.2) is 0 Å². The van der Waals surface area contributed by atoms with E-state index in [1.54, 1.807) is 42.7 Å². The summed E-state index contributed by atoms with van der Waals surface area (Å²) in [5, 5.41) is 12.0. The zero-order valence-corrected chi connectivity index (χ0v) is 26.3. The molecule has 0 saturated carbocycles. The maximum absolute atomic E-state index is 14.4. The van der Waals surface area contributed by atoms with Crippen molar-refractivity contribution in [1.29, 1.82) is 0 Å². The van der Waals surface area contributed by atoms with Crippen LogP contribution >= 0.6 is 11.6 Å². The summed E-state index contributed by atoms with van der Waals surface area (Å²) in [5.74, 6) is -0.0212. The molecule has 5 aromatic rings. The Bertz CT molecular complexity index is 1840. The summed E-state index contributed by atoms with van der Waals surface area (Å²) in [4.78, 5) is 31.4. The maximum atomic E-state index is 14.4. The van der Waals surface area contributed by atoms with Crippen molar-refractivity contribution in [3.05, 3.63) is 113 Å². The number of imidazole rings is 1. The van der Waals surface area contributed by atoms with Gasteiger partial charge in [0.2, 0.25) is 5.91 Å². The molecule has 3 aromatic heterocycles. The van der Waals surface area contributed by atoms with Gasteiger partial charge >= 0.3 is 0 Å². The van der Waals surface area contributed by atoms with Crippen molar-refractivity contribution >= 4 is 23.6 Å². The van der Waals surface area contributed by atoms with Crippen molar-refractivity contribution in [3.8, 4) is 16.9 Å². The van der Waals surface area contributed by atoms with Crippen LogP contribution in [-0.2, 0) is 4.79 Å². The van der Waals surface area contributed by atoms with E-state index in [9.17, 15) is 9.18 Å². The number of carbonyl (C=O) groups is 1. The van der Waals surface area contributed by atoms with Gasteiger partial charge in [0.25, 0.3) is 0 Å². The summed E-state index contributed by atoms with van der Waals surface area (Å²) in [6.45, 7) is 2.20. The second-order valence-corrected chi connectivity index (χ2v) is 12.5. The Hall–Kier alpha value is -4.78. The summed E-state index contributed by atoms with van der Waals surface area (Å²) in [6.07, 6.45) is 12.7. The number of rotatable bonds is 7. The lowest BCUT2D eigenvalue weighted by atomic mass is 9.80. The average molecular weight is 653 g/mol. The highest BCUT2D eigenvalue weighted by atomic mass is 35.5. The predicted octanol–water partition coefficient (Wildman–Crippen LogP) is 4.80. The third kappa shape index (κ3) is 6.71. The van der Waals surface area contributed by atoms with Crippen LogP contribution in [0.1, 0.15) is 48.2 Å². The SMILES string of the molecule is NC1CCN(C2CC(c3ccc(F)cc3)C(c3nc(-c4cccnc4)c[nH]3)N(C(=O)/C=C/c3cc(Cl)ccc3-n3cnnn3)C2)CC1. The van der Waals surface area contributed by atoms with Crippen LogP contribution in [-0.4, -0.2) is 82.6 Å². The van der Waals surface area contributed by atoms with Gasteiger partial charge in [-0.05, 0) is 96.9 Å². The van der Waals surface area contributed by atoms with Crippen LogP contribution in [0.25, 0.3) is 23.0 Å². The van der Waals surface area contributed by atoms with E-state index in [4.69, 9.17) is 22.3 Å². The zero-order valence-electron chi connectivity index (χ0n) is 25.5. The van der Waals surface area contributed by atoms with Gasteiger partial charge in [0.05, 0.1) is 17.4 Å². The molecule has 3 atom stereocenters. The van der Waals surface area contributed by atoms with Crippen LogP contribution in [0.4, 0.5) is 4.39 Å². The molecule has 3 N–H and O–H groups in total. The number of hydrogen-bond acceptors (Lipinski definition) is 8. The fourth-order valence-electron chi connectivity index (χ4n) is 6.74. The molecule has 0 radical (unpaired) electrons. The molecule has 13 heteroatoms. The van der Waals surface area contributed by atoms with Crippen molar-refractivity contribution in [2.45, 2.75) is 43.3 Å². The molecule has 5 heterocycles. The van der Waals surface area contributed by atoms with E-state index in [1.807, 2.05) is 35.4 Å². The molecule has 0 spiro atoms. The Morgan fingerprint density at radius 2 is 1.94 bits per heavy atom. The third-order valence-electron chi connectivity index (χ3n) is 9.15. The number of piperidine rings is 2. The van der Waals surface area contributed by atoms with Gasteiger partial charge in [-0.25, -0.2) is 9.37 Å². The van der Waals surface area contributed by atoms with Crippen LogP contribution in [0.15, 0.2) is 85.6 Å². The largest absolute Gasteiger partial charge is 0.346 e. The summed E-state index contributed by atoms with van der Waals surface area (Å²) in [7, 11) is 0. The average Bonchev–Trinajstić information content (AvgIpc) is 3.81. The number of pyridine rings is 1. The summed E-state index contributed by atoms with van der Waals surface area (Å²) in [6, 6.07) is 15.5. The first-order chi connectivity index (χ1) is 22.9. The fraction of sp³-hybridized carbons (Fsp3) is 0.294. The Morgan fingerprint density at radius 3 is 2.68 bits per heavy atom. The number of nitrogens with one attached hydrogen (secondary N) is 1. The molecule has 7 rings (SSSR count). The van der Waals surface area contributed by atoms with E-state index in [-0.39, 0.29) is 29.7 Å². The molecular weight excluding hydrogens is 619 g/mol. The molecule has 2 aliphatic rings. The molecule has 2 fully saturated rings. The summed E-state index contributed by atoms with van der Waals surface area (Å²) >= 11 is 6.36. The normalized spacial score (nSPS) is 21.0. The number of aromatic nitrogens is 7. The first-order valence-electron chi connectivity index (χ1n) is 15.7. The van der Waals surface area contributed by atoms with E-state index in [0.29, 0.717) is 28.6 Å². The van der Waals surface area contributed by atoms with Gasteiger partial charge in [-0.2, -0.15) is 4.68 Å². The standard InChI is InChI=1S/C34H34ClFN10O/c35-25-6-9-31(46-21-40-42-43-46)23(16-25)5-10-32(47)45-20-28(44-14-11-27(37)12-15-44)17-29(22-3-7-26(36)8-4-22)33(45)34-39-19-30(41-34)24-2-1-13-38-18-24/h1-10,13,16,18-19,21,27-29,33H,11-12,14-15,17,20,37H2,(H,39,41)/b10-5+. The first kappa shape index (κ1) is 30.9. The van der Waals surface area contributed by atoms with E-state index in [1.165, 1.54) is 23.1 Å². The van der Waals surface area contributed by atoms with Crippen LogP contribution in [0.3, 0.4) is 0 Å². The van der Waals surface area contributed by atoms with Gasteiger partial charge < -0.3 is 15.6 Å². The van der Waals surface area contributed by atoms with Crippen molar-refractivity contribution in [3.63, 3.8) is 0 Å². The highest BCUT2D eigenvalue weighted by Gasteiger charge is 2.43. The van der Waals surface area contributed by atoms with Crippen LogP contribution in [0.2, 0.25) is 5.02 Å². The number of amides is 1. The lowest BCUT2D eigenvalue weighted by molar-refractivity contribution is -0.132. The number of nitrogens with zero attached hydrogens (tertiary/aromatic N) is 8. The summed E-state index contributed by atoms with van der Waals surface area (Å²) < 4.78 is 15.7. The monoisotopic (exact) mass is 652 g/mol. The number of aromatic amines is 1. The highest BCUT2D eigenvalue weighted by molar-refractivity contribution is 6.30. The quantitative estimate of drug-likeness (QED) is 0.240. The molecule has 0 bridgehead atoms. The van der Waals surface area contributed by atoms with E-state index in [2.05, 4.69) is 30.4 Å². The topological polar surface area (TPSA) is 135 Å². The fourth-order valence-corrected chi connectivity index (χ4v) is 6.92. The molecule has 0 aliphatic carbocycles. The zero-order chi connectivity index (χ0) is 32.3. The smallest absolute Gasteiger partial charge is 0.247 e. The number of H-pyrrole nitrogens is 1. The molecular formula is C34H34ClFN10O. The van der Waals surface area contributed by atoms with Gasteiger partial charge in [0, 0.05) is 65.4 Å². The Labute approximate surface area is 276 Å². The second-order valence-electron chi connectivity index (χ2n) is 12.1. The number of halogens is 2. The Balaban J connectivity index is 1.29. The number of hydrogen-bond donors (Lipinski definition) is 2. The van der Waals surface area contributed by atoms with Crippen LogP contribution in [0, 0.1) is 5.82 Å². The van der Waals surface area contributed by atoms with Gasteiger partial charge in [-0.1, -0.05) is 23.7 Å². The molecule has 11 nitrogen and oxygen atoms in total. The molecule has 240 valence electrons. The second kappa shape index (κ2) is 13.5. The molecule has 47 heavy (non-hydrogen) atoms. The lowest BCUT2D eigenvalue weighted by Crippen LogP contribution is -2.55. The minimum absolute atomic E-state index is 0.0712. The number of benzene rings is 2. The molecule has 1 amide bonds. The predicted molar refractivity (Wildman–Crippen MR) is 176 cm³/mol. The highest BCUT2D eigenvalue weighted by Crippen LogP contribution is 2.44. The van der Waals surface area contributed by atoms with Crippen LogP contribution < -0.4 is 5.73 Å². The summed E-state index contributed by atoms with van der Waals surface area (Å²) in [5.41, 5.74) is 10.1. The molecule has 2 aliphatic heterocycles. The molecule has 3 unspecified atom stereocenters. The number of likely N-dealkylation sites (tertiary alicyclic amines) is 2. The van der Waals surface area contributed by atoms with Gasteiger partial charge in [-0.15, -0.1) is 5.10 Å². The van der Waals surface area contributed by atoms with Crippen LogP contribution in [0.5, 0.6) is 0 Å². The van der Waals surface area contributed by atoms with E-state index < -0.39 is 6.04 Å². The molecule has 2 saturated heterocycles. The maximum Gasteiger partial charge on any atom is 0.247 e. The van der Waals surface area contributed by atoms with Crippen molar-refractivity contribution in [2.75, 3.05) is 19.6 Å². The Morgan fingerprint density at radius 1 is 1.11 bits per heavy atom. The van der Waals surface area contributed by atoms with Crippen molar-refractivity contribution < 1.29 is 9.18 Å². The number of tetrazole rings is 1. The van der Waals surface area contributed by atoms with E-state index >= 15 is 0 Å². The van der Waals surface area contributed by atoms with Crippen molar-refractivity contribution in [2.24, 2.45) is 5.73 Å².